The molecule has 0 atom stereocenters. The van der Waals surface area contributed by atoms with Crippen molar-refractivity contribution in [3.05, 3.63) is 70.2 Å². The van der Waals surface area contributed by atoms with E-state index in [4.69, 9.17) is 11.6 Å². The maximum Gasteiger partial charge on any atom is 0.229 e. The van der Waals surface area contributed by atoms with Crippen LogP contribution in [0.15, 0.2) is 48.5 Å². The van der Waals surface area contributed by atoms with Gasteiger partial charge in [-0.2, -0.15) is 0 Å². The molecule has 2 rings (SSSR count). The third kappa shape index (κ3) is 5.75. The number of rotatable bonds is 6. The molecule has 120 valence electrons. The summed E-state index contributed by atoms with van der Waals surface area (Å²) in [7, 11) is 0. The van der Waals surface area contributed by atoms with Gasteiger partial charge in [0.2, 0.25) is 11.8 Å². The smallest absolute Gasteiger partial charge is 0.229 e. The molecule has 23 heavy (non-hydrogen) atoms. The van der Waals surface area contributed by atoms with Crippen molar-refractivity contribution in [3.8, 4) is 0 Å². The molecule has 0 saturated heterocycles. The Labute approximate surface area is 140 Å². The molecular formula is C18H19ClN2O2. The van der Waals surface area contributed by atoms with Crippen LogP contribution in [0.4, 0.5) is 0 Å². The van der Waals surface area contributed by atoms with Gasteiger partial charge in [0.15, 0.2) is 0 Å². The Morgan fingerprint density at radius 1 is 0.913 bits per heavy atom. The lowest BCUT2D eigenvalue weighted by atomic mass is 10.1. The Balaban J connectivity index is 1.73. The fourth-order valence-corrected chi connectivity index (χ4v) is 2.20. The van der Waals surface area contributed by atoms with Crippen molar-refractivity contribution in [2.45, 2.75) is 26.4 Å². The van der Waals surface area contributed by atoms with Crippen LogP contribution in [-0.4, -0.2) is 11.8 Å². The highest BCUT2D eigenvalue weighted by molar-refractivity contribution is 6.30. The van der Waals surface area contributed by atoms with E-state index in [0.29, 0.717) is 18.1 Å². The molecule has 0 aliphatic heterocycles. The van der Waals surface area contributed by atoms with Crippen LogP contribution in [0.3, 0.4) is 0 Å². The van der Waals surface area contributed by atoms with E-state index in [1.807, 2.05) is 43.3 Å². The Bertz CT molecular complexity index is 684. The number of amides is 2. The van der Waals surface area contributed by atoms with E-state index >= 15 is 0 Å². The summed E-state index contributed by atoms with van der Waals surface area (Å²) in [4.78, 5) is 23.6. The predicted molar refractivity (Wildman–Crippen MR) is 90.9 cm³/mol. The van der Waals surface area contributed by atoms with Gasteiger partial charge in [0.05, 0.1) is 0 Å². The number of hydrogen-bond donors (Lipinski definition) is 2. The van der Waals surface area contributed by atoms with Crippen LogP contribution in [0, 0.1) is 6.92 Å². The summed E-state index contributed by atoms with van der Waals surface area (Å²) in [5.74, 6) is -0.593. The van der Waals surface area contributed by atoms with Crippen LogP contribution in [0.2, 0.25) is 5.02 Å². The van der Waals surface area contributed by atoms with Crippen LogP contribution in [0.5, 0.6) is 0 Å². The fourth-order valence-electron chi connectivity index (χ4n) is 2.08. The van der Waals surface area contributed by atoms with Crippen molar-refractivity contribution < 1.29 is 9.59 Å². The molecular weight excluding hydrogens is 312 g/mol. The van der Waals surface area contributed by atoms with E-state index in [1.54, 1.807) is 12.1 Å². The summed E-state index contributed by atoms with van der Waals surface area (Å²) >= 11 is 5.80. The van der Waals surface area contributed by atoms with Crippen LogP contribution in [0.1, 0.15) is 23.1 Å². The van der Waals surface area contributed by atoms with E-state index in [1.165, 1.54) is 0 Å². The summed E-state index contributed by atoms with van der Waals surface area (Å²) in [5.41, 5.74) is 3.09. The lowest BCUT2D eigenvalue weighted by Gasteiger charge is -2.08. The summed E-state index contributed by atoms with van der Waals surface area (Å²) < 4.78 is 0. The molecule has 0 aromatic heterocycles. The number of hydrogen-bond acceptors (Lipinski definition) is 2. The molecule has 2 amide bonds. The molecule has 5 heteroatoms. The summed E-state index contributed by atoms with van der Waals surface area (Å²) in [5, 5.41) is 6.12. The van der Waals surface area contributed by atoms with Gasteiger partial charge in [-0.3, -0.25) is 9.59 Å². The number of carbonyl (C=O) groups excluding carboxylic acids is 2. The first kappa shape index (κ1) is 17.0. The normalized spacial score (nSPS) is 10.2. The van der Waals surface area contributed by atoms with Gasteiger partial charge in [-0.15, -0.1) is 0 Å². The second-order valence-electron chi connectivity index (χ2n) is 5.28. The molecule has 0 radical (unpaired) electrons. The van der Waals surface area contributed by atoms with Gasteiger partial charge in [-0.05, 0) is 35.7 Å². The molecule has 0 fully saturated rings. The average Bonchev–Trinajstić information content (AvgIpc) is 2.53. The quantitative estimate of drug-likeness (QED) is 0.800. The summed E-state index contributed by atoms with van der Waals surface area (Å²) in [6.07, 6.45) is -0.181. The highest BCUT2D eigenvalue weighted by atomic mass is 35.5. The van der Waals surface area contributed by atoms with E-state index in [9.17, 15) is 9.59 Å². The highest BCUT2D eigenvalue weighted by Gasteiger charge is 2.09. The van der Waals surface area contributed by atoms with Crippen molar-refractivity contribution in [3.63, 3.8) is 0 Å². The second kappa shape index (κ2) is 8.34. The minimum Gasteiger partial charge on any atom is -0.352 e. The van der Waals surface area contributed by atoms with Crippen LogP contribution < -0.4 is 10.6 Å². The van der Waals surface area contributed by atoms with Gasteiger partial charge in [0.1, 0.15) is 6.42 Å². The number of halogens is 1. The molecule has 4 nitrogen and oxygen atoms in total. The number of carbonyl (C=O) groups is 2. The summed E-state index contributed by atoms with van der Waals surface area (Å²) in [6, 6.07) is 15.0. The number of aryl methyl sites for hydroxylation is 1. The van der Waals surface area contributed by atoms with E-state index < -0.39 is 0 Å². The fraction of sp³-hybridized carbons (Fsp3) is 0.222. The second-order valence-corrected chi connectivity index (χ2v) is 5.72. The predicted octanol–water partition coefficient (Wildman–Crippen LogP) is 2.97. The Kier molecular flexibility index (Phi) is 6.18. The minimum atomic E-state index is -0.303. The monoisotopic (exact) mass is 330 g/mol. The van der Waals surface area contributed by atoms with Crippen LogP contribution in [-0.2, 0) is 22.7 Å². The third-order valence-electron chi connectivity index (χ3n) is 3.46. The molecule has 0 saturated carbocycles. The molecule has 0 spiro atoms. The van der Waals surface area contributed by atoms with Gasteiger partial charge < -0.3 is 10.6 Å². The van der Waals surface area contributed by atoms with Gasteiger partial charge in [-0.25, -0.2) is 0 Å². The minimum absolute atomic E-state index is 0.181. The van der Waals surface area contributed by atoms with Crippen LogP contribution in [0.25, 0.3) is 0 Å². The Morgan fingerprint density at radius 3 is 2.17 bits per heavy atom. The Hall–Kier alpha value is -2.33. The van der Waals surface area contributed by atoms with E-state index in [-0.39, 0.29) is 18.2 Å². The van der Waals surface area contributed by atoms with Crippen molar-refractivity contribution in [2.24, 2.45) is 0 Å². The van der Waals surface area contributed by atoms with E-state index in [2.05, 4.69) is 10.6 Å². The van der Waals surface area contributed by atoms with Gasteiger partial charge >= 0.3 is 0 Å². The molecule has 0 heterocycles. The lowest BCUT2D eigenvalue weighted by molar-refractivity contribution is -0.129. The molecule has 0 unspecified atom stereocenters. The van der Waals surface area contributed by atoms with Gasteiger partial charge in [0.25, 0.3) is 0 Å². The molecule has 2 aromatic carbocycles. The largest absolute Gasteiger partial charge is 0.352 e. The van der Waals surface area contributed by atoms with Crippen molar-refractivity contribution >= 4 is 23.4 Å². The molecule has 2 aromatic rings. The Morgan fingerprint density at radius 2 is 1.52 bits per heavy atom. The zero-order valence-corrected chi connectivity index (χ0v) is 13.7. The summed E-state index contributed by atoms with van der Waals surface area (Å²) in [6.45, 7) is 2.79. The third-order valence-corrected chi connectivity index (χ3v) is 3.71. The zero-order chi connectivity index (χ0) is 16.7. The van der Waals surface area contributed by atoms with Crippen molar-refractivity contribution in [2.75, 3.05) is 0 Å². The van der Waals surface area contributed by atoms with E-state index in [0.717, 1.165) is 16.7 Å². The topological polar surface area (TPSA) is 58.2 Å². The van der Waals surface area contributed by atoms with Crippen molar-refractivity contribution in [1.82, 2.24) is 10.6 Å². The van der Waals surface area contributed by atoms with Gasteiger partial charge in [0, 0.05) is 18.1 Å². The SMILES string of the molecule is Cc1ccccc1CNC(=O)CC(=O)NCc1ccc(Cl)cc1. The number of benzene rings is 2. The lowest BCUT2D eigenvalue weighted by Crippen LogP contribution is -2.31. The zero-order valence-electron chi connectivity index (χ0n) is 12.9. The molecule has 0 aliphatic carbocycles. The maximum atomic E-state index is 11.8. The average molecular weight is 331 g/mol. The number of nitrogens with one attached hydrogen (secondary N) is 2. The first-order valence-electron chi connectivity index (χ1n) is 7.37. The molecule has 2 N–H and O–H groups in total. The highest BCUT2D eigenvalue weighted by Crippen LogP contribution is 2.09. The van der Waals surface area contributed by atoms with Crippen molar-refractivity contribution in [1.29, 1.82) is 0 Å². The first-order chi connectivity index (χ1) is 11.0. The molecule has 0 aliphatic rings. The van der Waals surface area contributed by atoms with Gasteiger partial charge in [-0.1, -0.05) is 48.0 Å². The first-order valence-corrected chi connectivity index (χ1v) is 7.75. The van der Waals surface area contributed by atoms with Crippen LogP contribution >= 0.6 is 11.6 Å². The maximum absolute atomic E-state index is 11.8. The molecule has 0 bridgehead atoms. The standard InChI is InChI=1S/C18H19ClN2O2/c1-13-4-2-3-5-15(13)12-21-18(23)10-17(22)20-11-14-6-8-16(19)9-7-14/h2-9H,10-12H2,1H3,(H,20,22)(H,21,23).